The zero-order chi connectivity index (χ0) is 29.6. The van der Waals surface area contributed by atoms with Gasteiger partial charge in [0.15, 0.2) is 0 Å². The van der Waals surface area contributed by atoms with Crippen LogP contribution in [-0.4, -0.2) is 52.8 Å². The average Bonchev–Trinajstić information content (AvgIpc) is 3.50. The number of hydrogen-bond acceptors (Lipinski definition) is 4. The van der Waals surface area contributed by atoms with Crippen molar-refractivity contribution in [2.45, 2.75) is 42.9 Å². The summed E-state index contributed by atoms with van der Waals surface area (Å²) in [5.74, 6) is -10.5. The molecule has 2 amide bonds. The number of amides is 2. The normalized spacial score (nSPS) is 28.5. The first kappa shape index (κ1) is 28.2. The van der Waals surface area contributed by atoms with Crippen molar-refractivity contribution in [1.29, 1.82) is 0 Å². The molecular weight excluding hydrogens is 596 g/mol. The van der Waals surface area contributed by atoms with E-state index in [1.807, 2.05) is 0 Å². The van der Waals surface area contributed by atoms with E-state index in [9.17, 15) is 32.7 Å². The maximum atomic E-state index is 15.0. The third-order valence-electron chi connectivity index (χ3n) is 8.48. The van der Waals surface area contributed by atoms with Crippen LogP contribution in [-0.2, 0) is 26.1 Å². The van der Waals surface area contributed by atoms with Gasteiger partial charge in [-0.1, -0.05) is 29.3 Å². The molecule has 41 heavy (non-hydrogen) atoms. The lowest BCUT2D eigenvalue weighted by atomic mass is 9.73. The van der Waals surface area contributed by atoms with Gasteiger partial charge in [-0.3, -0.25) is 19.3 Å². The number of benzene rings is 2. The van der Waals surface area contributed by atoms with Crippen molar-refractivity contribution in [2.75, 3.05) is 23.3 Å². The smallest absolute Gasteiger partial charge is 0.416 e. The maximum absolute atomic E-state index is 15.0. The van der Waals surface area contributed by atoms with E-state index in [1.54, 1.807) is 0 Å². The molecule has 14 heteroatoms. The van der Waals surface area contributed by atoms with Crippen LogP contribution in [0, 0.1) is 17.8 Å². The second kappa shape index (κ2) is 9.27. The van der Waals surface area contributed by atoms with Crippen LogP contribution in [0.4, 0.5) is 33.3 Å². The molecule has 0 radical (unpaired) electrons. The Morgan fingerprint density at radius 1 is 1.15 bits per heavy atom. The van der Waals surface area contributed by atoms with Crippen molar-refractivity contribution in [1.82, 2.24) is 4.90 Å². The lowest BCUT2D eigenvalue weighted by Crippen LogP contribution is -2.54. The molecule has 0 unspecified atom stereocenters. The maximum Gasteiger partial charge on any atom is 0.416 e. The van der Waals surface area contributed by atoms with Crippen molar-refractivity contribution in [2.24, 2.45) is 17.8 Å². The van der Waals surface area contributed by atoms with Crippen LogP contribution < -0.4 is 10.2 Å². The van der Waals surface area contributed by atoms with Crippen LogP contribution in [0.5, 0.6) is 0 Å². The van der Waals surface area contributed by atoms with E-state index in [0.29, 0.717) is 12.8 Å². The van der Waals surface area contributed by atoms with Crippen LogP contribution in [0.1, 0.15) is 30.4 Å². The standard InChI is InChI=1S/C27H22Cl2F5N3O4/c28-14-7-16-21(17(29)8-14)35-24(41)26(16)20(23(39)40)19(18-9-25(30,31)11-37(18)26)22(38)36(10-12-4-5-12)15-3-1-2-13(6-15)27(32,33)34/h1-3,6-8,12,18-20H,4-5,9-11H2,(H,35,41)(H,39,40)/t18-,19+,20-,26+/m1/s1. The fourth-order valence-corrected chi connectivity index (χ4v) is 7.23. The molecule has 218 valence electrons. The SMILES string of the molecule is O=C(O)[C@H]1[C@@H](C(=O)N(CC2CC2)c2cccc(C(F)(F)F)c2)[C@H]2CC(F)(F)CN2[C@]12C(=O)Nc1c(Cl)cc(Cl)cc12. The average molecular weight is 618 g/mol. The van der Waals surface area contributed by atoms with Gasteiger partial charge in [-0.2, -0.15) is 13.2 Å². The van der Waals surface area contributed by atoms with Gasteiger partial charge in [0, 0.05) is 35.3 Å². The van der Waals surface area contributed by atoms with E-state index >= 15 is 8.78 Å². The number of hydrogen-bond donors (Lipinski definition) is 2. The molecule has 1 spiro atoms. The number of carbonyl (C=O) groups excluding carboxylic acids is 2. The van der Waals surface area contributed by atoms with Crippen molar-refractivity contribution >= 4 is 52.4 Å². The Hall–Kier alpha value is -2.96. The summed E-state index contributed by atoms with van der Waals surface area (Å²) >= 11 is 12.5. The summed E-state index contributed by atoms with van der Waals surface area (Å²) in [6.45, 7) is -1.05. The summed E-state index contributed by atoms with van der Waals surface area (Å²) in [6, 6.07) is 5.17. The summed E-state index contributed by atoms with van der Waals surface area (Å²) in [6.07, 6.45) is -4.26. The molecule has 0 aromatic heterocycles. The summed E-state index contributed by atoms with van der Waals surface area (Å²) in [5.41, 5.74) is -3.47. The predicted molar refractivity (Wildman–Crippen MR) is 138 cm³/mol. The molecule has 4 atom stereocenters. The van der Waals surface area contributed by atoms with Gasteiger partial charge in [-0.25, -0.2) is 8.78 Å². The van der Waals surface area contributed by atoms with Crippen molar-refractivity contribution in [3.05, 3.63) is 57.6 Å². The fourth-order valence-electron chi connectivity index (χ4n) is 6.69. The zero-order valence-corrected chi connectivity index (χ0v) is 22.5. The van der Waals surface area contributed by atoms with Gasteiger partial charge in [0.05, 0.1) is 28.7 Å². The Bertz CT molecular complexity index is 1480. The van der Waals surface area contributed by atoms with E-state index in [1.165, 1.54) is 18.2 Å². The zero-order valence-electron chi connectivity index (χ0n) is 21.0. The van der Waals surface area contributed by atoms with Crippen LogP contribution in [0.2, 0.25) is 10.0 Å². The molecule has 2 N–H and O–H groups in total. The van der Waals surface area contributed by atoms with Gasteiger partial charge in [0.1, 0.15) is 11.5 Å². The van der Waals surface area contributed by atoms with Gasteiger partial charge in [0.2, 0.25) is 5.91 Å². The Morgan fingerprint density at radius 2 is 1.85 bits per heavy atom. The Labute approximate surface area is 240 Å². The molecule has 3 heterocycles. The molecule has 6 rings (SSSR count). The molecule has 7 nitrogen and oxygen atoms in total. The van der Waals surface area contributed by atoms with Gasteiger partial charge in [-0.05, 0) is 49.1 Å². The van der Waals surface area contributed by atoms with E-state index in [2.05, 4.69) is 5.32 Å². The number of anilines is 2. The fraction of sp³-hybridized carbons (Fsp3) is 0.444. The molecule has 3 fully saturated rings. The van der Waals surface area contributed by atoms with E-state index in [-0.39, 0.29) is 39.4 Å². The Kier molecular flexibility index (Phi) is 6.37. The van der Waals surface area contributed by atoms with Crippen LogP contribution in [0.3, 0.4) is 0 Å². The predicted octanol–water partition coefficient (Wildman–Crippen LogP) is 5.64. The van der Waals surface area contributed by atoms with Crippen molar-refractivity contribution < 1.29 is 41.4 Å². The number of halogens is 7. The number of carbonyl (C=O) groups is 3. The number of nitrogens with zero attached hydrogens (tertiary/aromatic N) is 2. The van der Waals surface area contributed by atoms with Gasteiger partial charge in [-0.15, -0.1) is 0 Å². The highest BCUT2D eigenvalue weighted by Crippen LogP contribution is 2.61. The summed E-state index contributed by atoms with van der Waals surface area (Å²) in [5, 5.41) is 13.0. The number of rotatable bonds is 5. The Balaban J connectivity index is 1.53. The molecule has 2 aromatic carbocycles. The van der Waals surface area contributed by atoms with E-state index < -0.39 is 71.8 Å². The number of carboxylic acid groups (broad SMARTS) is 1. The van der Waals surface area contributed by atoms with E-state index in [4.69, 9.17) is 23.2 Å². The van der Waals surface area contributed by atoms with Gasteiger partial charge >= 0.3 is 12.1 Å². The molecule has 2 aromatic rings. The summed E-state index contributed by atoms with van der Waals surface area (Å²) in [7, 11) is 0. The number of nitrogens with one attached hydrogen (secondary N) is 1. The second-order valence-electron chi connectivity index (χ2n) is 11.1. The minimum atomic E-state index is -4.72. The molecule has 1 aliphatic carbocycles. The topological polar surface area (TPSA) is 90.0 Å². The quantitative estimate of drug-likeness (QED) is 0.424. The first-order valence-corrected chi connectivity index (χ1v) is 13.6. The third-order valence-corrected chi connectivity index (χ3v) is 8.99. The molecule has 4 aliphatic rings. The van der Waals surface area contributed by atoms with Crippen LogP contribution in [0.15, 0.2) is 36.4 Å². The molecular formula is C27H22Cl2F5N3O4. The van der Waals surface area contributed by atoms with Gasteiger partial charge < -0.3 is 15.3 Å². The minimum absolute atomic E-state index is 0.00194. The highest BCUT2D eigenvalue weighted by molar-refractivity contribution is 6.38. The molecule has 1 saturated carbocycles. The highest BCUT2D eigenvalue weighted by Gasteiger charge is 2.74. The molecule has 0 bridgehead atoms. The largest absolute Gasteiger partial charge is 0.481 e. The second-order valence-corrected chi connectivity index (χ2v) is 11.9. The number of aliphatic carboxylic acids is 1. The number of alkyl halides is 5. The summed E-state index contributed by atoms with van der Waals surface area (Å²) < 4.78 is 70.7. The first-order chi connectivity index (χ1) is 19.1. The lowest BCUT2D eigenvalue weighted by Gasteiger charge is -2.36. The highest BCUT2D eigenvalue weighted by atomic mass is 35.5. The van der Waals surface area contributed by atoms with Crippen LogP contribution >= 0.6 is 23.2 Å². The molecule has 2 saturated heterocycles. The monoisotopic (exact) mass is 617 g/mol. The number of carboxylic acids is 1. The first-order valence-electron chi connectivity index (χ1n) is 12.8. The van der Waals surface area contributed by atoms with Gasteiger partial charge in [0.25, 0.3) is 11.8 Å². The lowest BCUT2D eigenvalue weighted by molar-refractivity contribution is -0.153. The van der Waals surface area contributed by atoms with Crippen molar-refractivity contribution in [3.63, 3.8) is 0 Å². The molecule has 3 aliphatic heterocycles. The van der Waals surface area contributed by atoms with Crippen LogP contribution in [0.25, 0.3) is 0 Å². The minimum Gasteiger partial charge on any atom is -0.481 e. The van der Waals surface area contributed by atoms with Crippen molar-refractivity contribution in [3.8, 4) is 0 Å². The summed E-state index contributed by atoms with van der Waals surface area (Å²) in [4.78, 5) is 43.2. The third kappa shape index (κ3) is 4.37. The Morgan fingerprint density at radius 3 is 2.49 bits per heavy atom. The number of fused-ring (bicyclic) bond motifs is 4. The van der Waals surface area contributed by atoms with E-state index in [0.717, 1.165) is 28.0 Å².